The maximum atomic E-state index is 10.9. The summed E-state index contributed by atoms with van der Waals surface area (Å²) in [5.74, 6) is 1.54. The van der Waals surface area contributed by atoms with Crippen LogP contribution in [0.15, 0.2) is 93.5 Å². The zero-order chi connectivity index (χ0) is 16.1. The van der Waals surface area contributed by atoms with Crippen LogP contribution in [0.2, 0.25) is 0 Å². The predicted octanol–water partition coefficient (Wildman–Crippen LogP) is 4.87. The molecule has 0 radical (unpaired) electrons. The first kappa shape index (κ1) is 15.8. The molecule has 0 heterocycles. The van der Waals surface area contributed by atoms with E-state index in [9.17, 15) is 8.76 Å². The van der Waals surface area contributed by atoms with Crippen LogP contribution in [0.3, 0.4) is 0 Å². The van der Waals surface area contributed by atoms with Crippen LogP contribution in [-0.4, -0.2) is 8.76 Å². The van der Waals surface area contributed by atoms with Crippen molar-refractivity contribution in [3.05, 3.63) is 78.9 Å². The van der Waals surface area contributed by atoms with E-state index < -0.39 is 11.1 Å². The molecule has 0 saturated carbocycles. The van der Waals surface area contributed by atoms with Crippen molar-refractivity contribution in [2.45, 2.75) is 14.7 Å². The summed E-state index contributed by atoms with van der Waals surface area (Å²) in [6, 6.07) is 24.1. The van der Waals surface area contributed by atoms with E-state index in [0.29, 0.717) is 0 Å². The summed E-state index contributed by atoms with van der Waals surface area (Å²) in [4.78, 5) is 2.19. The predicted molar refractivity (Wildman–Crippen MR) is 90.7 cm³/mol. The Morgan fingerprint density at radius 3 is 2.17 bits per heavy atom. The van der Waals surface area contributed by atoms with Crippen molar-refractivity contribution < 1.29 is 13.5 Å². The van der Waals surface area contributed by atoms with Gasteiger partial charge in [-0.3, -0.25) is 4.21 Å². The second-order valence-corrected chi connectivity index (χ2v) is 6.73. The Morgan fingerprint density at radius 1 is 0.826 bits per heavy atom. The number of para-hydroxylation sites is 2. The molecule has 1 unspecified atom stereocenters. The molecule has 0 aliphatic carbocycles. The summed E-state index contributed by atoms with van der Waals surface area (Å²) in [6.07, 6.45) is 0. The van der Waals surface area contributed by atoms with Gasteiger partial charge in [-0.25, -0.2) is 0 Å². The molecule has 0 aliphatic heterocycles. The molecule has 116 valence electrons. The van der Waals surface area contributed by atoms with Gasteiger partial charge in [0.1, 0.15) is 11.5 Å². The van der Waals surface area contributed by atoms with Gasteiger partial charge in [-0.2, -0.15) is 0 Å². The summed E-state index contributed by atoms with van der Waals surface area (Å²) >= 11 is -0.671. The minimum atomic E-state index is -2.20. The fraction of sp³-hybridized carbons (Fsp3) is 0. The minimum absolute atomic E-state index is 0.281. The average molecular weight is 341 g/mol. The van der Waals surface area contributed by atoms with Gasteiger partial charge in [0.2, 0.25) is 0 Å². The Bertz CT molecular complexity index is 802. The molecule has 0 aliphatic rings. The van der Waals surface area contributed by atoms with Gasteiger partial charge >= 0.3 is 0 Å². The Morgan fingerprint density at radius 2 is 1.48 bits per heavy atom. The molecule has 3 aromatic rings. The van der Waals surface area contributed by atoms with Gasteiger partial charge in [-0.1, -0.05) is 42.1 Å². The first-order chi connectivity index (χ1) is 11.2. The number of rotatable bonds is 5. The van der Waals surface area contributed by atoms with E-state index in [1.165, 1.54) is 11.8 Å². The molecule has 3 nitrogen and oxygen atoms in total. The lowest BCUT2D eigenvalue weighted by atomic mass is 10.3. The third kappa shape index (κ3) is 4.22. The standard InChI is InChI=1S/C18H14O3S2/c19-23(20)16-12-10-15(11-13-16)22-18-9-5-4-8-17(18)21-14-6-2-1-3-7-14/h1-13H,(H,19,20)/p-1. The SMILES string of the molecule is O=S([O-])c1ccc(Sc2ccccc2Oc2ccccc2)cc1. The molecule has 3 rings (SSSR count). The molecule has 5 heteroatoms. The summed E-state index contributed by atoms with van der Waals surface area (Å²) in [5, 5.41) is 0. The second-order valence-electron chi connectivity index (χ2n) is 4.67. The highest BCUT2D eigenvalue weighted by molar-refractivity contribution is 7.99. The van der Waals surface area contributed by atoms with E-state index in [1.807, 2.05) is 54.6 Å². The number of benzene rings is 3. The topological polar surface area (TPSA) is 49.4 Å². The van der Waals surface area contributed by atoms with Gasteiger partial charge in [0.15, 0.2) is 0 Å². The summed E-state index contributed by atoms with van der Waals surface area (Å²) in [6.45, 7) is 0. The van der Waals surface area contributed by atoms with Gasteiger partial charge < -0.3 is 9.29 Å². The highest BCUT2D eigenvalue weighted by atomic mass is 32.2. The fourth-order valence-corrected chi connectivity index (χ4v) is 3.22. The highest BCUT2D eigenvalue weighted by Gasteiger charge is 2.06. The van der Waals surface area contributed by atoms with E-state index in [-0.39, 0.29) is 4.90 Å². The molecule has 0 spiro atoms. The van der Waals surface area contributed by atoms with E-state index in [1.54, 1.807) is 24.3 Å². The molecule has 0 aromatic heterocycles. The minimum Gasteiger partial charge on any atom is -0.768 e. The van der Waals surface area contributed by atoms with Crippen molar-refractivity contribution in [2.75, 3.05) is 0 Å². The third-order valence-corrected chi connectivity index (χ3v) is 4.79. The number of hydrogen-bond donors (Lipinski definition) is 0. The van der Waals surface area contributed by atoms with Gasteiger partial charge in [-0.05, 0) is 59.6 Å². The first-order valence-corrected chi connectivity index (χ1v) is 8.80. The van der Waals surface area contributed by atoms with Crippen LogP contribution in [0.25, 0.3) is 0 Å². The van der Waals surface area contributed by atoms with Gasteiger partial charge in [-0.15, -0.1) is 0 Å². The normalized spacial score (nSPS) is 11.9. The molecule has 0 fully saturated rings. The number of hydrogen-bond acceptors (Lipinski definition) is 4. The molecule has 0 amide bonds. The van der Waals surface area contributed by atoms with Crippen LogP contribution in [0, 0.1) is 0 Å². The van der Waals surface area contributed by atoms with Crippen molar-refractivity contribution >= 4 is 22.8 Å². The summed E-state index contributed by atoms with van der Waals surface area (Å²) in [7, 11) is 0. The fourth-order valence-electron chi connectivity index (χ4n) is 1.98. The quantitative estimate of drug-likeness (QED) is 0.621. The molecule has 3 aromatic carbocycles. The highest BCUT2D eigenvalue weighted by Crippen LogP contribution is 2.37. The van der Waals surface area contributed by atoms with Crippen LogP contribution in [0.5, 0.6) is 11.5 Å². The van der Waals surface area contributed by atoms with Crippen molar-refractivity contribution in [1.29, 1.82) is 0 Å². The molecule has 0 bridgehead atoms. The van der Waals surface area contributed by atoms with E-state index in [0.717, 1.165) is 21.3 Å². The van der Waals surface area contributed by atoms with E-state index >= 15 is 0 Å². The molecular weight excluding hydrogens is 328 g/mol. The zero-order valence-electron chi connectivity index (χ0n) is 12.0. The summed E-state index contributed by atoms with van der Waals surface area (Å²) in [5.41, 5.74) is 0. The second kappa shape index (κ2) is 7.46. The van der Waals surface area contributed by atoms with Crippen molar-refractivity contribution in [3.8, 4) is 11.5 Å². The molecule has 0 saturated heterocycles. The monoisotopic (exact) mass is 341 g/mol. The largest absolute Gasteiger partial charge is 0.768 e. The van der Waals surface area contributed by atoms with Gasteiger partial charge in [0, 0.05) is 9.79 Å². The van der Waals surface area contributed by atoms with Gasteiger partial charge in [0.05, 0.1) is 4.90 Å². The van der Waals surface area contributed by atoms with E-state index in [2.05, 4.69) is 0 Å². The molecular formula is C18H13O3S2-. The lowest BCUT2D eigenvalue weighted by Crippen LogP contribution is -1.88. The molecule has 23 heavy (non-hydrogen) atoms. The maximum absolute atomic E-state index is 10.9. The first-order valence-electron chi connectivity index (χ1n) is 6.91. The smallest absolute Gasteiger partial charge is 0.141 e. The van der Waals surface area contributed by atoms with Crippen LogP contribution in [-0.2, 0) is 11.1 Å². The Kier molecular flexibility index (Phi) is 5.12. The Labute approximate surface area is 141 Å². The lowest BCUT2D eigenvalue weighted by Gasteiger charge is -2.11. The van der Waals surface area contributed by atoms with Crippen LogP contribution < -0.4 is 4.74 Å². The Hall–Kier alpha value is -2.08. The van der Waals surface area contributed by atoms with Crippen molar-refractivity contribution in [3.63, 3.8) is 0 Å². The number of ether oxygens (including phenoxy) is 1. The lowest BCUT2D eigenvalue weighted by molar-refractivity contribution is 0.471. The Balaban J connectivity index is 1.81. The van der Waals surface area contributed by atoms with Crippen molar-refractivity contribution in [2.24, 2.45) is 0 Å². The summed E-state index contributed by atoms with van der Waals surface area (Å²) < 4.78 is 27.7. The van der Waals surface area contributed by atoms with Crippen LogP contribution >= 0.6 is 11.8 Å². The zero-order valence-corrected chi connectivity index (χ0v) is 13.7. The molecule has 1 atom stereocenters. The van der Waals surface area contributed by atoms with Crippen molar-refractivity contribution in [1.82, 2.24) is 0 Å². The average Bonchev–Trinajstić information content (AvgIpc) is 2.58. The maximum Gasteiger partial charge on any atom is 0.141 e. The van der Waals surface area contributed by atoms with Gasteiger partial charge in [0.25, 0.3) is 0 Å². The van der Waals surface area contributed by atoms with Crippen LogP contribution in [0.1, 0.15) is 0 Å². The third-order valence-electron chi connectivity index (χ3n) is 3.06. The van der Waals surface area contributed by atoms with E-state index in [4.69, 9.17) is 4.74 Å². The van der Waals surface area contributed by atoms with Crippen LogP contribution in [0.4, 0.5) is 0 Å². The molecule has 0 N–H and O–H groups in total.